The molecule has 3 atom stereocenters. The van der Waals surface area contributed by atoms with Gasteiger partial charge in [-0.1, -0.05) is 42.5 Å². The highest BCUT2D eigenvalue weighted by atomic mass is 32.2. The molecular formula is C25H22O5S. The summed E-state index contributed by atoms with van der Waals surface area (Å²) >= 11 is 0. The van der Waals surface area contributed by atoms with Crippen LogP contribution < -0.4 is 4.74 Å². The zero-order valence-electron chi connectivity index (χ0n) is 16.8. The Morgan fingerprint density at radius 1 is 0.935 bits per heavy atom. The van der Waals surface area contributed by atoms with Gasteiger partial charge >= 0.3 is 5.97 Å². The van der Waals surface area contributed by atoms with Crippen molar-refractivity contribution in [3.63, 3.8) is 0 Å². The van der Waals surface area contributed by atoms with Crippen LogP contribution in [0.3, 0.4) is 0 Å². The Morgan fingerprint density at radius 3 is 2.35 bits per heavy atom. The summed E-state index contributed by atoms with van der Waals surface area (Å²) in [5.41, 5.74) is 2.76. The number of carboxylic acids is 1. The van der Waals surface area contributed by atoms with Gasteiger partial charge < -0.3 is 9.84 Å². The Morgan fingerprint density at radius 2 is 1.68 bits per heavy atom. The van der Waals surface area contributed by atoms with E-state index in [1.165, 1.54) is 0 Å². The molecule has 5 rings (SSSR count). The zero-order chi connectivity index (χ0) is 21.6. The molecule has 0 saturated heterocycles. The summed E-state index contributed by atoms with van der Waals surface area (Å²) in [5.74, 6) is -0.234. The maximum absolute atomic E-state index is 13.2. The fourth-order valence-corrected chi connectivity index (χ4v) is 6.05. The molecule has 0 aromatic heterocycles. The summed E-state index contributed by atoms with van der Waals surface area (Å²) in [7, 11) is -3.58. The third kappa shape index (κ3) is 3.61. The van der Waals surface area contributed by atoms with Gasteiger partial charge in [-0.3, -0.25) is 4.79 Å². The predicted octanol–water partition coefficient (Wildman–Crippen LogP) is 4.77. The van der Waals surface area contributed by atoms with Crippen molar-refractivity contribution >= 4 is 15.8 Å². The van der Waals surface area contributed by atoms with Crippen molar-refractivity contribution in [2.24, 2.45) is 5.92 Å². The van der Waals surface area contributed by atoms with E-state index in [1.54, 1.807) is 42.5 Å². The molecule has 1 saturated carbocycles. The monoisotopic (exact) mass is 434 g/mol. The molecule has 2 aliphatic rings. The number of carboxylic acid groups (broad SMARTS) is 1. The molecule has 0 aliphatic heterocycles. The Bertz CT molecular complexity index is 1230. The molecule has 3 aromatic carbocycles. The summed E-state index contributed by atoms with van der Waals surface area (Å²) in [6.07, 6.45) is 1.83. The highest BCUT2D eigenvalue weighted by Crippen LogP contribution is 2.48. The average Bonchev–Trinajstić information content (AvgIpc) is 3.50. The van der Waals surface area contributed by atoms with Gasteiger partial charge in [-0.05, 0) is 72.2 Å². The largest absolute Gasteiger partial charge is 0.486 e. The first-order valence-corrected chi connectivity index (χ1v) is 11.8. The van der Waals surface area contributed by atoms with Crippen molar-refractivity contribution in [2.45, 2.75) is 41.1 Å². The Hall–Kier alpha value is -3.12. The van der Waals surface area contributed by atoms with Crippen molar-refractivity contribution in [2.75, 3.05) is 0 Å². The summed E-state index contributed by atoms with van der Waals surface area (Å²) in [6, 6.07) is 21.5. The van der Waals surface area contributed by atoms with Crippen molar-refractivity contribution in [1.82, 2.24) is 0 Å². The minimum atomic E-state index is -3.58. The molecule has 0 radical (unpaired) electrons. The smallest absolute Gasteiger partial charge is 0.307 e. The van der Waals surface area contributed by atoms with Crippen LogP contribution in [-0.4, -0.2) is 19.5 Å². The van der Waals surface area contributed by atoms with Crippen LogP contribution in [0.15, 0.2) is 82.6 Å². The van der Waals surface area contributed by atoms with Crippen molar-refractivity contribution in [3.8, 4) is 5.75 Å². The number of ether oxygens (including phenoxy) is 1. The Kier molecular flexibility index (Phi) is 4.82. The zero-order valence-corrected chi connectivity index (χ0v) is 17.6. The second kappa shape index (κ2) is 7.54. The number of rotatable bonds is 6. The average molecular weight is 435 g/mol. The van der Waals surface area contributed by atoms with E-state index in [-0.39, 0.29) is 17.9 Å². The quantitative estimate of drug-likeness (QED) is 0.604. The first kappa shape index (κ1) is 19.8. The van der Waals surface area contributed by atoms with Gasteiger partial charge in [0.2, 0.25) is 9.84 Å². The van der Waals surface area contributed by atoms with Crippen LogP contribution in [0.5, 0.6) is 5.75 Å². The normalized spacial score (nSPS) is 22.0. The Balaban J connectivity index is 1.37. The van der Waals surface area contributed by atoms with E-state index in [2.05, 4.69) is 0 Å². The lowest BCUT2D eigenvalue weighted by Gasteiger charge is -2.16. The van der Waals surface area contributed by atoms with Crippen molar-refractivity contribution < 1.29 is 23.1 Å². The van der Waals surface area contributed by atoms with Gasteiger partial charge in [0.1, 0.15) is 11.9 Å². The highest BCUT2D eigenvalue weighted by Gasteiger charge is 2.44. The summed E-state index contributed by atoms with van der Waals surface area (Å²) in [4.78, 5) is 11.7. The van der Waals surface area contributed by atoms with Gasteiger partial charge in [-0.2, -0.15) is 0 Å². The SMILES string of the molecule is O=C(O)C1CC1c1ccc(OC2CCc3c2cccc3S(=O)(=O)c2ccccc2)cc1. The molecule has 5 nitrogen and oxygen atoms in total. The maximum atomic E-state index is 13.2. The summed E-state index contributed by atoms with van der Waals surface area (Å²) in [6.45, 7) is 0. The van der Waals surface area contributed by atoms with E-state index in [1.807, 2.05) is 30.3 Å². The lowest BCUT2D eigenvalue weighted by molar-refractivity contribution is -0.138. The van der Waals surface area contributed by atoms with Gasteiger partial charge in [-0.25, -0.2) is 8.42 Å². The number of sulfone groups is 1. The van der Waals surface area contributed by atoms with Crippen molar-refractivity contribution in [1.29, 1.82) is 0 Å². The third-order valence-electron chi connectivity index (χ3n) is 6.21. The topological polar surface area (TPSA) is 80.7 Å². The lowest BCUT2D eigenvalue weighted by Crippen LogP contribution is -2.07. The standard InChI is InChI=1S/C25H22O5S/c26-25(27)22-15-21(22)16-9-11-17(12-10-16)30-23-14-13-20-19(23)7-4-8-24(20)31(28,29)18-5-2-1-3-6-18/h1-12,21-23H,13-15H2,(H,26,27). The molecule has 6 heteroatoms. The van der Waals surface area contributed by atoms with Crippen LogP contribution in [0.2, 0.25) is 0 Å². The molecule has 0 bridgehead atoms. The molecule has 0 spiro atoms. The maximum Gasteiger partial charge on any atom is 0.307 e. The summed E-state index contributed by atoms with van der Waals surface area (Å²) in [5, 5.41) is 9.11. The van der Waals surface area contributed by atoms with Crippen LogP contribution >= 0.6 is 0 Å². The minimum absolute atomic E-state index is 0.0875. The number of hydrogen-bond acceptors (Lipinski definition) is 4. The molecule has 2 aliphatic carbocycles. The molecule has 158 valence electrons. The van der Waals surface area contributed by atoms with Gasteiger partial charge in [0.25, 0.3) is 0 Å². The molecule has 3 aromatic rings. The van der Waals surface area contributed by atoms with E-state index in [4.69, 9.17) is 9.84 Å². The van der Waals surface area contributed by atoms with Crippen LogP contribution in [0.25, 0.3) is 0 Å². The lowest BCUT2D eigenvalue weighted by atomic mass is 10.1. The fourth-order valence-electron chi connectivity index (χ4n) is 4.48. The van der Waals surface area contributed by atoms with E-state index in [9.17, 15) is 13.2 Å². The van der Waals surface area contributed by atoms with Crippen LogP contribution in [0.1, 0.15) is 41.6 Å². The summed E-state index contributed by atoms with van der Waals surface area (Å²) < 4.78 is 32.5. The minimum Gasteiger partial charge on any atom is -0.486 e. The third-order valence-corrected chi connectivity index (χ3v) is 8.06. The number of fused-ring (bicyclic) bond motifs is 1. The van der Waals surface area contributed by atoms with Crippen LogP contribution in [0.4, 0.5) is 0 Å². The number of carbonyl (C=O) groups is 1. The molecule has 1 fully saturated rings. The molecular weight excluding hydrogens is 412 g/mol. The van der Waals surface area contributed by atoms with Crippen LogP contribution in [-0.2, 0) is 21.1 Å². The second-order valence-electron chi connectivity index (χ2n) is 8.14. The van der Waals surface area contributed by atoms with E-state index < -0.39 is 15.8 Å². The molecule has 0 heterocycles. The first-order chi connectivity index (χ1) is 14.9. The predicted molar refractivity (Wildman–Crippen MR) is 115 cm³/mol. The highest BCUT2D eigenvalue weighted by molar-refractivity contribution is 7.91. The van der Waals surface area contributed by atoms with Gasteiger partial charge in [0.05, 0.1) is 15.7 Å². The van der Waals surface area contributed by atoms with Gasteiger partial charge in [0.15, 0.2) is 0 Å². The van der Waals surface area contributed by atoms with Gasteiger partial charge in [-0.15, -0.1) is 0 Å². The fraction of sp³-hybridized carbons (Fsp3) is 0.240. The molecule has 0 amide bonds. The number of aliphatic carboxylic acids is 1. The first-order valence-electron chi connectivity index (χ1n) is 10.4. The number of benzene rings is 3. The van der Waals surface area contributed by atoms with E-state index in [0.29, 0.717) is 34.8 Å². The number of hydrogen-bond donors (Lipinski definition) is 1. The van der Waals surface area contributed by atoms with E-state index >= 15 is 0 Å². The van der Waals surface area contributed by atoms with Gasteiger partial charge in [0, 0.05) is 0 Å². The molecule has 3 unspecified atom stereocenters. The molecule has 31 heavy (non-hydrogen) atoms. The molecule has 1 N–H and O–H groups in total. The van der Waals surface area contributed by atoms with Crippen LogP contribution in [0, 0.1) is 5.92 Å². The Labute approximate surface area is 181 Å². The second-order valence-corrected chi connectivity index (χ2v) is 10.1. The van der Waals surface area contributed by atoms with Crippen molar-refractivity contribution in [3.05, 3.63) is 89.5 Å². The van der Waals surface area contributed by atoms with E-state index in [0.717, 1.165) is 16.7 Å².